The molecule has 1 aromatic carbocycles. The first-order chi connectivity index (χ1) is 7.51. The fourth-order valence-corrected chi connectivity index (χ4v) is 1.76. The second-order valence-electron chi connectivity index (χ2n) is 2.76. The number of hydrogen-bond acceptors (Lipinski definition) is 5. The molecule has 0 amide bonds. The Morgan fingerprint density at radius 2 is 2.06 bits per heavy atom. The molecule has 0 bridgehead atoms. The number of nitro benzene ring substituents is 1. The molecule has 16 heavy (non-hydrogen) atoms. The van der Waals surface area contributed by atoms with Crippen molar-refractivity contribution < 1.29 is 19.2 Å². The molecular weight excluding hydrogens is 282 g/mol. The number of esters is 1. The number of methoxy groups -OCH3 is 2. The first-order valence-corrected chi connectivity index (χ1v) is 4.90. The third-order valence-electron chi connectivity index (χ3n) is 1.85. The van der Waals surface area contributed by atoms with Gasteiger partial charge in [-0.25, -0.2) is 4.79 Å². The van der Waals surface area contributed by atoms with Crippen molar-refractivity contribution in [3.8, 4) is 5.75 Å². The molecule has 7 heteroatoms. The molecule has 0 N–H and O–H groups in total. The molecule has 0 aliphatic heterocycles. The number of carbonyl (C=O) groups excluding carboxylic acids is 1. The predicted molar refractivity (Wildman–Crippen MR) is 58.7 cm³/mol. The average molecular weight is 290 g/mol. The van der Waals surface area contributed by atoms with Crippen LogP contribution < -0.4 is 4.74 Å². The Balaban J connectivity index is 3.39. The normalized spacial score (nSPS) is 9.69. The van der Waals surface area contributed by atoms with Crippen LogP contribution in [-0.2, 0) is 4.74 Å². The second kappa shape index (κ2) is 4.93. The van der Waals surface area contributed by atoms with Gasteiger partial charge in [0.25, 0.3) is 0 Å². The Bertz CT molecular complexity index is 446. The minimum Gasteiger partial charge on any atom is -0.489 e. The zero-order valence-electron chi connectivity index (χ0n) is 8.52. The van der Waals surface area contributed by atoms with Gasteiger partial charge >= 0.3 is 11.7 Å². The van der Waals surface area contributed by atoms with Gasteiger partial charge in [-0.1, -0.05) is 0 Å². The molecule has 6 nitrogen and oxygen atoms in total. The van der Waals surface area contributed by atoms with Crippen LogP contribution in [-0.4, -0.2) is 25.1 Å². The number of nitrogens with zero attached hydrogens (tertiary/aromatic N) is 1. The van der Waals surface area contributed by atoms with E-state index in [2.05, 4.69) is 20.7 Å². The van der Waals surface area contributed by atoms with Gasteiger partial charge in [-0.15, -0.1) is 0 Å². The van der Waals surface area contributed by atoms with E-state index in [-0.39, 0.29) is 17.0 Å². The number of halogens is 1. The van der Waals surface area contributed by atoms with Crippen LogP contribution in [0.5, 0.6) is 5.75 Å². The number of ether oxygens (including phenoxy) is 2. The molecule has 0 saturated heterocycles. The van der Waals surface area contributed by atoms with Gasteiger partial charge in [-0.2, -0.15) is 0 Å². The van der Waals surface area contributed by atoms with Gasteiger partial charge in [0, 0.05) is 6.07 Å². The SMILES string of the molecule is COC(=O)c1cc(Br)c(OC)c([N+](=O)[O-])c1. The number of carbonyl (C=O) groups is 1. The molecule has 1 rings (SSSR count). The molecule has 0 aliphatic carbocycles. The highest BCUT2D eigenvalue weighted by molar-refractivity contribution is 9.10. The van der Waals surface area contributed by atoms with Gasteiger partial charge in [-0.05, 0) is 22.0 Å². The molecule has 0 atom stereocenters. The van der Waals surface area contributed by atoms with Crippen molar-refractivity contribution in [2.75, 3.05) is 14.2 Å². The summed E-state index contributed by atoms with van der Waals surface area (Å²) in [7, 11) is 2.51. The Hall–Kier alpha value is -1.63. The Labute approximate surface area is 99.4 Å². The number of hydrogen-bond donors (Lipinski definition) is 0. The van der Waals surface area contributed by atoms with Crippen LogP contribution >= 0.6 is 15.9 Å². The summed E-state index contributed by atoms with van der Waals surface area (Å²) in [6.07, 6.45) is 0. The fourth-order valence-electron chi connectivity index (χ4n) is 1.15. The summed E-state index contributed by atoms with van der Waals surface area (Å²) in [5.74, 6) is -0.580. The predicted octanol–water partition coefficient (Wildman–Crippen LogP) is 2.15. The smallest absolute Gasteiger partial charge is 0.338 e. The first-order valence-electron chi connectivity index (χ1n) is 4.11. The molecular formula is C9H8BrNO5. The van der Waals surface area contributed by atoms with E-state index >= 15 is 0 Å². The lowest BCUT2D eigenvalue weighted by atomic mass is 10.2. The highest BCUT2D eigenvalue weighted by Gasteiger charge is 2.22. The molecule has 0 saturated carbocycles. The molecule has 1 aromatic rings. The molecule has 86 valence electrons. The van der Waals surface area contributed by atoms with Crippen LogP contribution in [0.2, 0.25) is 0 Å². The minimum absolute atomic E-state index is 0.0673. The fraction of sp³-hybridized carbons (Fsp3) is 0.222. The maximum Gasteiger partial charge on any atom is 0.338 e. The molecule has 0 spiro atoms. The van der Waals surface area contributed by atoms with Crippen LogP contribution in [0.4, 0.5) is 5.69 Å². The molecule has 0 heterocycles. The molecule has 0 fully saturated rings. The van der Waals surface area contributed by atoms with Crippen molar-refractivity contribution in [3.05, 3.63) is 32.3 Å². The zero-order chi connectivity index (χ0) is 12.3. The van der Waals surface area contributed by atoms with Crippen LogP contribution in [0.25, 0.3) is 0 Å². The van der Waals surface area contributed by atoms with E-state index in [0.717, 1.165) is 6.07 Å². The summed E-state index contributed by atoms with van der Waals surface area (Å²) < 4.78 is 9.67. The van der Waals surface area contributed by atoms with E-state index in [0.29, 0.717) is 4.47 Å². The lowest BCUT2D eigenvalue weighted by molar-refractivity contribution is -0.385. The summed E-state index contributed by atoms with van der Waals surface area (Å²) in [5, 5.41) is 10.7. The maximum atomic E-state index is 11.2. The highest BCUT2D eigenvalue weighted by Crippen LogP contribution is 2.36. The lowest BCUT2D eigenvalue weighted by Crippen LogP contribution is -2.03. The van der Waals surface area contributed by atoms with Crippen molar-refractivity contribution in [1.29, 1.82) is 0 Å². The number of rotatable bonds is 3. The van der Waals surface area contributed by atoms with E-state index in [9.17, 15) is 14.9 Å². The van der Waals surface area contributed by atoms with Crippen molar-refractivity contribution in [2.45, 2.75) is 0 Å². The molecule has 0 aliphatic rings. The van der Waals surface area contributed by atoms with Gasteiger partial charge in [0.1, 0.15) is 0 Å². The first kappa shape index (κ1) is 12.4. The van der Waals surface area contributed by atoms with Crippen molar-refractivity contribution >= 4 is 27.6 Å². The maximum absolute atomic E-state index is 11.2. The van der Waals surface area contributed by atoms with E-state index in [1.807, 2.05) is 0 Å². The van der Waals surface area contributed by atoms with Crippen LogP contribution in [0.3, 0.4) is 0 Å². The molecule has 0 unspecified atom stereocenters. The monoisotopic (exact) mass is 289 g/mol. The van der Waals surface area contributed by atoms with Crippen LogP contribution in [0.1, 0.15) is 10.4 Å². The summed E-state index contributed by atoms with van der Waals surface area (Å²) in [5.41, 5.74) is -0.209. The third-order valence-corrected chi connectivity index (χ3v) is 2.43. The van der Waals surface area contributed by atoms with Crippen molar-refractivity contribution in [3.63, 3.8) is 0 Å². The number of benzene rings is 1. The quantitative estimate of drug-likeness (QED) is 0.484. The largest absolute Gasteiger partial charge is 0.489 e. The van der Waals surface area contributed by atoms with E-state index in [4.69, 9.17) is 4.74 Å². The minimum atomic E-state index is -0.647. The average Bonchev–Trinajstić information content (AvgIpc) is 2.26. The standard InChI is InChI=1S/C9H8BrNO5/c1-15-8-6(10)3-5(9(12)16-2)4-7(8)11(13)14/h3-4H,1-2H3. The Kier molecular flexibility index (Phi) is 3.83. The van der Waals surface area contributed by atoms with Gasteiger partial charge in [-0.3, -0.25) is 10.1 Å². The highest BCUT2D eigenvalue weighted by atomic mass is 79.9. The summed E-state index contributed by atoms with van der Waals surface area (Å²) >= 11 is 3.09. The van der Waals surface area contributed by atoms with E-state index < -0.39 is 10.9 Å². The summed E-state index contributed by atoms with van der Waals surface area (Å²) in [4.78, 5) is 21.4. The van der Waals surface area contributed by atoms with Gasteiger partial charge in [0.2, 0.25) is 5.75 Å². The van der Waals surface area contributed by atoms with Gasteiger partial charge in [0.15, 0.2) is 0 Å². The zero-order valence-corrected chi connectivity index (χ0v) is 10.1. The lowest BCUT2D eigenvalue weighted by Gasteiger charge is -2.06. The van der Waals surface area contributed by atoms with Crippen LogP contribution in [0.15, 0.2) is 16.6 Å². The summed E-state index contributed by atoms with van der Waals surface area (Å²) in [6.45, 7) is 0. The Morgan fingerprint density at radius 1 is 1.44 bits per heavy atom. The van der Waals surface area contributed by atoms with E-state index in [1.165, 1.54) is 20.3 Å². The van der Waals surface area contributed by atoms with Crippen molar-refractivity contribution in [2.24, 2.45) is 0 Å². The van der Waals surface area contributed by atoms with Gasteiger partial charge < -0.3 is 9.47 Å². The second-order valence-corrected chi connectivity index (χ2v) is 3.61. The van der Waals surface area contributed by atoms with E-state index in [1.54, 1.807) is 0 Å². The van der Waals surface area contributed by atoms with Crippen molar-refractivity contribution in [1.82, 2.24) is 0 Å². The molecule has 0 radical (unpaired) electrons. The topological polar surface area (TPSA) is 78.7 Å². The summed E-state index contributed by atoms with van der Waals surface area (Å²) in [6, 6.07) is 2.51. The molecule has 0 aromatic heterocycles. The Morgan fingerprint density at radius 3 is 2.50 bits per heavy atom. The number of nitro groups is 1. The third kappa shape index (κ3) is 2.30. The van der Waals surface area contributed by atoms with Gasteiger partial charge in [0.05, 0.1) is 29.2 Å². The van der Waals surface area contributed by atoms with Crippen LogP contribution in [0, 0.1) is 10.1 Å².